The van der Waals surface area contributed by atoms with E-state index in [0.717, 1.165) is 17.5 Å². The van der Waals surface area contributed by atoms with Crippen LogP contribution in [0.25, 0.3) is 11.1 Å². The minimum atomic E-state index is -0.391. The van der Waals surface area contributed by atoms with Gasteiger partial charge in [0.2, 0.25) is 5.91 Å². The number of amides is 1. The summed E-state index contributed by atoms with van der Waals surface area (Å²) in [5.41, 5.74) is 2.00. The van der Waals surface area contributed by atoms with Gasteiger partial charge in [0.05, 0.1) is 5.02 Å². The number of carbonyl (C=O) groups is 2. The van der Waals surface area contributed by atoms with Crippen molar-refractivity contribution in [2.24, 2.45) is 0 Å². The summed E-state index contributed by atoms with van der Waals surface area (Å²) in [5, 5.41) is 3.16. The summed E-state index contributed by atoms with van der Waals surface area (Å²) in [6.45, 7) is 2.65. The van der Waals surface area contributed by atoms with Crippen LogP contribution in [0.4, 0.5) is 0 Å². The van der Waals surface area contributed by atoms with Gasteiger partial charge in [-0.25, -0.2) is 0 Å². The van der Waals surface area contributed by atoms with Crippen LogP contribution in [0.2, 0.25) is 5.02 Å². The first kappa shape index (κ1) is 19.0. The molecule has 2 rings (SSSR count). The van der Waals surface area contributed by atoms with E-state index in [-0.39, 0.29) is 12.3 Å². The summed E-state index contributed by atoms with van der Waals surface area (Å²) >= 11 is 6.22. The monoisotopic (exact) mass is 359 g/mol. The predicted octanol–water partition coefficient (Wildman–Crippen LogP) is 4.61. The van der Waals surface area contributed by atoms with Gasteiger partial charge >= 0.3 is 5.97 Å². The van der Waals surface area contributed by atoms with Crippen molar-refractivity contribution >= 4 is 23.5 Å². The van der Waals surface area contributed by atoms with Gasteiger partial charge in [0.15, 0.2) is 0 Å². The van der Waals surface area contributed by atoms with Gasteiger partial charge in [-0.2, -0.15) is 0 Å². The normalized spacial score (nSPS) is 10.3. The van der Waals surface area contributed by atoms with Crippen molar-refractivity contribution in [2.45, 2.75) is 32.6 Å². The quantitative estimate of drug-likeness (QED) is 0.553. The molecule has 2 aromatic carbocycles. The highest BCUT2D eigenvalue weighted by atomic mass is 35.5. The minimum Gasteiger partial charge on any atom is -0.425 e. The molecule has 0 aromatic heterocycles. The molecule has 0 bridgehead atoms. The van der Waals surface area contributed by atoms with Crippen molar-refractivity contribution < 1.29 is 14.3 Å². The Morgan fingerprint density at radius 3 is 2.48 bits per heavy atom. The van der Waals surface area contributed by atoms with Crippen LogP contribution >= 0.6 is 11.6 Å². The van der Waals surface area contributed by atoms with E-state index in [0.29, 0.717) is 30.2 Å². The van der Waals surface area contributed by atoms with Crippen LogP contribution in [-0.4, -0.2) is 18.4 Å². The lowest BCUT2D eigenvalue weighted by atomic mass is 10.1. The topological polar surface area (TPSA) is 55.4 Å². The van der Waals surface area contributed by atoms with Crippen LogP contribution in [0.1, 0.15) is 32.6 Å². The molecule has 0 spiro atoms. The Kier molecular flexibility index (Phi) is 7.48. The van der Waals surface area contributed by atoms with Crippen LogP contribution in [0.3, 0.4) is 0 Å². The predicted molar refractivity (Wildman–Crippen MR) is 99.7 cm³/mol. The Morgan fingerprint density at radius 2 is 1.80 bits per heavy atom. The molecule has 0 saturated carbocycles. The lowest BCUT2D eigenvalue weighted by Crippen LogP contribution is -2.23. The van der Waals surface area contributed by atoms with Gasteiger partial charge in [-0.15, -0.1) is 0 Å². The molecule has 0 fully saturated rings. The van der Waals surface area contributed by atoms with E-state index in [1.54, 1.807) is 12.1 Å². The average Bonchev–Trinajstić information content (AvgIpc) is 2.62. The zero-order valence-electron chi connectivity index (χ0n) is 14.3. The second-order valence-corrected chi connectivity index (χ2v) is 6.10. The molecule has 0 unspecified atom stereocenters. The first-order valence-corrected chi connectivity index (χ1v) is 8.80. The smallest absolute Gasteiger partial charge is 0.311 e. The van der Waals surface area contributed by atoms with Gasteiger partial charge in [0.1, 0.15) is 5.75 Å². The third-order valence-electron chi connectivity index (χ3n) is 3.62. The Bertz CT molecular complexity index is 716. The van der Waals surface area contributed by atoms with E-state index in [9.17, 15) is 9.59 Å². The molecule has 0 atom stereocenters. The summed E-state index contributed by atoms with van der Waals surface area (Å²) in [6.07, 6.45) is 1.84. The van der Waals surface area contributed by atoms with Crippen LogP contribution in [-0.2, 0) is 9.59 Å². The highest BCUT2D eigenvalue weighted by Gasteiger charge is 2.11. The molecule has 4 nitrogen and oxygen atoms in total. The van der Waals surface area contributed by atoms with Crippen LogP contribution in [0.15, 0.2) is 48.5 Å². The summed E-state index contributed by atoms with van der Waals surface area (Å²) in [6, 6.07) is 15.2. The van der Waals surface area contributed by atoms with Crippen molar-refractivity contribution in [1.82, 2.24) is 5.32 Å². The molecule has 1 amide bonds. The Labute approximate surface area is 153 Å². The maximum Gasteiger partial charge on any atom is 0.311 e. The molecule has 25 heavy (non-hydrogen) atoms. The Balaban J connectivity index is 1.86. The molecular formula is C20H22ClNO3. The van der Waals surface area contributed by atoms with E-state index in [2.05, 4.69) is 5.32 Å². The number of benzene rings is 2. The molecule has 0 heterocycles. The van der Waals surface area contributed by atoms with E-state index in [4.69, 9.17) is 16.3 Å². The lowest BCUT2D eigenvalue weighted by Gasteiger charge is -2.08. The SMILES string of the molecule is CCCNC(=O)CCCC(=O)Oc1ccc(-c2ccccc2)cc1Cl. The second-order valence-electron chi connectivity index (χ2n) is 5.69. The fourth-order valence-corrected chi connectivity index (χ4v) is 2.53. The van der Waals surface area contributed by atoms with Gasteiger partial charge in [0, 0.05) is 19.4 Å². The van der Waals surface area contributed by atoms with Crippen molar-refractivity contribution in [3.63, 3.8) is 0 Å². The molecular weight excluding hydrogens is 338 g/mol. The van der Waals surface area contributed by atoms with Crippen molar-refractivity contribution in [3.8, 4) is 16.9 Å². The maximum atomic E-state index is 11.9. The molecule has 5 heteroatoms. The number of halogens is 1. The van der Waals surface area contributed by atoms with Crippen molar-refractivity contribution in [1.29, 1.82) is 0 Å². The molecule has 0 radical (unpaired) electrons. The van der Waals surface area contributed by atoms with Crippen LogP contribution in [0, 0.1) is 0 Å². The Hall–Kier alpha value is -2.33. The molecule has 2 aromatic rings. The summed E-state index contributed by atoms with van der Waals surface area (Å²) in [7, 11) is 0. The second kappa shape index (κ2) is 9.84. The third-order valence-corrected chi connectivity index (χ3v) is 3.92. The maximum absolute atomic E-state index is 11.9. The molecule has 132 valence electrons. The molecule has 0 aliphatic heterocycles. The fourth-order valence-electron chi connectivity index (χ4n) is 2.31. The van der Waals surface area contributed by atoms with Crippen LogP contribution < -0.4 is 10.1 Å². The van der Waals surface area contributed by atoms with E-state index >= 15 is 0 Å². The number of nitrogens with one attached hydrogen (secondary N) is 1. The number of carbonyl (C=O) groups excluding carboxylic acids is 2. The number of hydrogen-bond donors (Lipinski definition) is 1. The van der Waals surface area contributed by atoms with Gasteiger partial charge in [-0.05, 0) is 36.1 Å². The number of ether oxygens (including phenoxy) is 1. The highest BCUT2D eigenvalue weighted by Crippen LogP contribution is 2.30. The third kappa shape index (κ3) is 6.24. The van der Waals surface area contributed by atoms with Crippen LogP contribution in [0.5, 0.6) is 5.75 Å². The Morgan fingerprint density at radius 1 is 1.04 bits per heavy atom. The fraction of sp³-hybridized carbons (Fsp3) is 0.300. The average molecular weight is 360 g/mol. The van der Waals surface area contributed by atoms with Gasteiger partial charge < -0.3 is 10.1 Å². The summed E-state index contributed by atoms with van der Waals surface area (Å²) in [5.74, 6) is -0.0978. The van der Waals surface area contributed by atoms with E-state index in [1.165, 1.54) is 0 Å². The number of rotatable bonds is 8. The number of esters is 1. The molecule has 0 saturated heterocycles. The highest BCUT2D eigenvalue weighted by molar-refractivity contribution is 6.32. The van der Waals surface area contributed by atoms with E-state index in [1.807, 2.05) is 43.3 Å². The largest absolute Gasteiger partial charge is 0.425 e. The molecule has 1 N–H and O–H groups in total. The summed E-state index contributed by atoms with van der Waals surface area (Å²) < 4.78 is 5.30. The zero-order valence-corrected chi connectivity index (χ0v) is 15.0. The molecule has 0 aliphatic rings. The molecule has 0 aliphatic carbocycles. The first-order valence-electron chi connectivity index (χ1n) is 8.42. The minimum absolute atomic E-state index is 0.0418. The van der Waals surface area contributed by atoms with Crippen molar-refractivity contribution in [2.75, 3.05) is 6.54 Å². The van der Waals surface area contributed by atoms with E-state index < -0.39 is 5.97 Å². The summed E-state index contributed by atoms with van der Waals surface area (Å²) in [4.78, 5) is 23.4. The van der Waals surface area contributed by atoms with Gasteiger partial charge in [-0.3, -0.25) is 9.59 Å². The van der Waals surface area contributed by atoms with Gasteiger partial charge in [0.25, 0.3) is 0 Å². The zero-order chi connectivity index (χ0) is 18.1. The van der Waals surface area contributed by atoms with Gasteiger partial charge in [-0.1, -0.05) is 54.9 Å². The van der Waals surface area contributed by atoms with Crippen molar-refractivity contribution in [3.05, 3.63) is 53.6 Å². The standard InChI is InChI=1S/C20H22ClNO3/c1-2-13-22-19(23)9-6-10-20(24)25-18-12-11-16(14-17(18)21)15-7-4-3-5-8-15/h3-5,7-8,11-12,14H,2,6,9-10,13H2,1H3,(H,22,23). The first-order chi connectivity index (χ1) is 12.1. The lowest BCUT2D eigenvalue weighted by molar-refractivity contribution is -0.134. The number of hydrogen-bond acceptors (Lipinski definition) is 3.